The molecule has 5 rings (SSSR count). The van der Waals surface area contributed by atoms with Gasteiger partial charge in [-0.25, -0.2) is 4.79 Å². The minimum atomic E-state index is -0.242. The Morgan fingerprint density at radius 1 is 0.943 bits per heavy atom. The maximum atomic E-state index is 12.9. The second-order valence-electron chi connectivity index (χ2n) is 10.3. The molecule has 1 saturated carbocycles. The molecule has 188 valence electrons. The van der Waals surface area contributed by atoms with Gasteiger partial charge in [0.1, 0.15) is 6.10 Å². The van der Waals surface area contributed by atoms with Gasteiger partial charge in [-0.05, 0) is 61.3 Å². The van der Waals surface area contributed by atoms with E-state index in [0.717, 1.165) is 56.3 Å². The van der Waals surface area contributed by atoms with Gasteiger partial charge in [-0.1, -0.05) is 62.2 Å². The van der Waals surface area contributed by atoms with Crippen LogP contribution in [0, 0.1) is 5.92 Å². The molecule has 35 heavy (non-hydrogen) atoms. The van der Waals surface area contributed by atoms with Crippen molar-refractivity contribution < 1.29 is 23.7 Å². The minimum absolute atomic E-state index is 0.0963. The van der Waals surface area contributed by atoms with Gasteiger partial charge in [-0.15, -0.1) is 0 Å². The van der Waals surface area contributed by atoms with E-state index in [-0.39, 0.29) is 29.9 Å². The number of unbranched alkanes of at least 4 members (excludes halogenated alkanes) is 1. The van der Waals surface area contributed by atoms with Gasteiger partial charge in [-0.3, -0.25) is 0 Å². The Morgan fingerprint density at radius 3 is 2.40 bits per heavy atom. The van der Waals surface area contributed by atoms with Crippen molar-refractivity contribution in [2.45, 2.75) is 82.2 Å². The predicted octanol–water partition coefficient (Wildman–Crippen LogP) is 6.20. The summed E-state index contributed by atoms with van der Waals surface area (Å²) in [5.74, 6) is 0.202. The van der Waals surface area contributed by atoms with Crippen molar-refractivity contribution in [1.29, 1.82) is 0 Å². The minimum Gasteiger partial charge on any atom is -0.459 e. The topological polar surface area (TPSA) is 54.0 Å². The highest BCUT2D eigenvalue weighted by molar-refractivity contribution is 5.90. The van der Waals surface area contributed by atoms with E-state index < -0.39 is 0 Å². The van der Waals surface area contributed by atoms with Crippen LogP contribution < -0.4 is 0 Å². The third-order valence-electron chi connectivity index (χ3n) is 8.08. The summed E-state index contributed by atoms with van der Waals surface area (Å²) in [5, 5.41) is 0. The first-order valence-electron chi connectivity index (χ1n) is 13.4. The summed E-state index contributed by atoms with van der Waals surface area (Å²) >= 11 is 0. The van der Waals surface area contributed by atoms with Crippen molar-refractivity contribution >= 4 is 5.97 Å². The van der Waals surface area contributed by atoms with E-state index in [2.05, 4.69) is 19.1 Å². The molecular weight excluding hydrogens is 440 g/mol. The molecule has 0 bridgehead atoms. The fourth-order valence-corrected chi connectivity index (χ4v) is 6.19. The lowest BCUT2D eigenvalue weighted by Gasteiger charge is -2.35. The molecule has 2 aromatic carbocycles. The van der Waals surface area contributed by atoms with Crippen molar-refractivity contribution in [2.75, 3.05) is 19.8 Å². The average molecular weight is 479 g/mol. The second kappa shape index (κ2) is 11.2. The quantitative estimate of drug-likeness (QED) is 0.402. The Bertz CT molecular complexity index is 958. The zero-order chi connectivity index (χ0) is 24.1. The number of benzene rings is 2. The number of carbonyl (C=O) groups excluding carboxylic acids is 1. The third-order valence-corrected chi connectivity index (χ3v) is 8.08. The number of fused-ring (bicyclic) bond motifs is 1. The molecule has 2 heterocycles. The monoisotopic (exact) mass is 478 g/mol. The fraction of sp³-hybridized carbons (Fsp3) is 0.567. The van der Waals surface area contributed by atoms with Crippen LogP contribution in [-0.2, 0) is 18.9 Å². The van der Waals surface area contributed by atoms with Crippen LogP contribution in [0.15, 0.2) is 54.6 Å². The van der Waals surface area contributed by atoms with Gasteiger partial charge in [0.2, 0.25) is 0 Å². The van der Waals surface area contributed by atoms with E-state index in [9.17, 15) is 4.79 Å². The zero-order valence-corrected chi connectivity index (χ0v) is 20.8. The SMILES string of the molecule is CCCCC1OCCOC1CCC12CC(OC(=O)c3ccc(-c4ccccc4)cc3)CC1CCO2. The van der Waals surface area contributed by atoms with Crippen LogP contribution in [0.2, 0.25) is 0 Å². The summed E-state index contributed by atoms with van der Waals surface area (Å²) in [5.41, 5.74) is 2.64. The van der Waals surface area contributed by atoms with Crippen LogP contribution in [0.3, 0.4) is 0 Å². The Balaban J connectivity index is 1.18. The first-order chi connectivity index (χ1) is 17.2. The summed E-state index contributed by atoms with van der Waals surface area (Å²) < 4.78 is 24.5. The molecule has 3 fully saturated rings. The van der Waals surface area contributed by atoms with E-state index in [1.807, 2.05) is 42.5 Å². The lowest BCUT2D eigenvalue weighted by atomic mass is 9.85. The van der Waals surface area contributed by atoms with Crippen molar-refractivity contribution in [3.63, 3.8) is 0 Å². The molecule has 0 amide bonds. The lowest BCUT2D eigenvalue weighted by molar-refractivity contribution is -0.151. The normalized spacial score (nSPS) is 30.2. The maximum Gasteiger partial charge on any atom is 0.338 e. The van der Waals surface area contributed by atoms with E-state index in [1.165, 1.54) is 12.8 Å². The number of ether oxygens (including phenoxy) is 4. The Labute approximate surface area is 209 Å². The van der Waals surface area contributed by atoms with Crippen LogP contribution in [0.25, 0.3) is 11.1 Å². The van der Waals surface area contributed by atoms with Crippen molar-refractivity contribution in [3.05, 3.63) is 60.2 Å². The standard InChI is InChI=1S/C30H38O5/c1-2-3-9-27-28(33-19-18-32-27)14-16-30-21-26(20-25(30)15-17-34-30)35-29(31)24-12-10-23(11-13-24)22-7-5-4-6-8-22/h4-8,10-13,25-28H,2-3,9,14-21H2,1H3. The molecule has 2 aromatic rings. The molecule has 2 aliphatic heterocycles. The number of carbonyl (C=O) groups is 1. The van der Waals surface area contributed by atoms with Gasteiger partial charge in [0.05, 0.1) is 36.6 Å². The van der Waals surface area contributed by atoms with Crippen LogP contribution in [-0.4, -0.2) is 49.7 Å². The highest BCUT2D eigenvalue weighted by atomic mass is 16.6. The van der Waals surface area contributed by atoms with E-state index in [0.29, 0.717) is 24.7 Å². The largest absolute Gasteiger partial charge is 0.459 e. The molecular formula is C30H38O5. The van der Waals surface area contributed by atoms with Gasteiger partial charge in [0.25, 0.3) is 0 Å². The average Bonchev–Trinajstić information content (AvgIpc) is 3.44. The summed E-state index contributed by atoms with van der Waals surface area (Å²) in [4.78, 5) is 12.9. The molecule has 0 aromatic heterocycles. The number of hydrogen-bond acceptors (Lipinski definition) is 5. The molecule has 5 nitrogen and oxygen atoms in total. The third kappa shape index (κ3) is 5.63. The van der Waals surface area contributed by atoms with Crippen LogP contribution in [0.1, 0.15) is 68.6 Å². The van der Waals surface area contributed by atoms with Gasteiger partial charge in [0, 0.05) is 13.0 Å². The highest BCUT2D eigenvalue weighted by Crippen LogP contribution is 2.49. The molecule has 5 atom stereocenters. The molecule has 5 heteroatoms. The van der Waals surface area contributed by atoms with E-state index in [4.69, 9.17) is 18.9 Å². The molecule has 2 saturated heterocycles. The van der Waals surface area contributed by atoms with Crippen molar-refractivity contribution in [3.8, 4) is 11.1 Å². The van der Waals surface area contributed by atoms with Gasteiger partial charge >= 0.3 is 5.97 Å². The Hall–Kier alpha value is -2.21. The zero-order valence-electron chi connectivity index (χ0n) is 20.8. The molecule has 0 N–H and O–H groups in total. The lowest BCUT2D eigenvalue weighted by Crippen LogP contribution is -2.41. The van der Waals surface area contributed by atoms with Crippen molar-refractivity contribution in [2.24, 2.45) is 5.92 Å². The summed E-state index contributed by atoms with van der Waals surface area (Å²) in [7, 11) is 0. The predicted molar refractivity (Wildman–Crippen MR) is 135 cm³/mol. The molecule has 3 aliphatic rings. The van der Waals surface area contributed by atoms with Gasteiger partial charge in [-0.2, -0.15) is 0 Å². The maximum absolute atomic E-state index is 12.9. The summed E-state index contributed by atoms with van der Waals surface area (Å²) in [6, 6.07) is 17.9. The molecule has 1 aliphatic carbocycles. The van der Waals surface area contributed by atoms with E-state index in [1.54, 1.807) is 0 Å². The smallest absolute Gasteiger partial charge is 0.338 e. The number of hydrogen-bond donors (Lipinski definition) is 0. The molecule has 0 radical (unpaired) electrons. The first-order valence-corrected chi connectivity index (χ1v) is 13.4. The molecule has 5 unspecified atom stereocenters. The molecule has 0 spiro atoms. The second-order valence-corrected chi connectivity index (χ2v) is 10.3. The Morgan fingerprint density at radius 2 is 1.66 bits per heavy atom. The first kappa shape index (κ1) is 24.5. The Kier molecular flexibility index (Phi) is 7.86. The van der Waals surface area contributed by atoms with Crippen LogP contribution >= 0.6 is 0 Å². The summed E-state index contributed by atoms with van der Waals surface area (Å²) in [6.07, 6.45) is 8.20. The fourth-order valence-electron chi connectivity index (χ4n) is 6.19. The summed E-state index contributed by atoms with van der Waals surface area (Å²) in [6.45, 7) is 4.38. The van der Waals surface area contributed by atoms with Gasteiger partial charge < -0.3 is 18.9 Å². The number of esters is 1. The van der Waals surface area contributed by atoms with Crippen LogP contribution in [0.4, 0.5) is 0 Å². The number of rotatable bonds is 9. The highest BCUT2D eigenvalue weighted by Gasteiger charge is 2.52. The van der Waals surface area contributed by atoms with Gasteiger partial charge in [0.15, 0.2) is 0 Å². The van der Waals surface area contributed by atoms with E-state index >= 15 is 0 Å². The van der Waals surface area contributed by atoms with Crippen LogP contribution in [0.5, 0.6) is 0 Å². The van der Waals surface area contributed by atoms with Crippen molar-refractivity contribution in [1.82, 2.24) is 0 Å².